The van der Waals surface area contributed by atoms with Crippen LogP contribution in [0.25, 0.3) is 0 Å². The number of hydrogen-bond acceptors (Lipinski definition) is 4. The lowest BCUT2D eigenvalue weighted by Gasteiger charge is -2.17. The topological polar surface area (TPSA) is 36.9 Å². The SMILES string of the molecule is CO[CH]c1cc(OCc2ccccc2)cc(OC)c1OCc1ccccc1. The summed E-state index contributed by atoms with van der Waals surface area (Å²) in [4.78, 5) is 0. The molecule has 139 valence electrons. The van der Waals surface area contributed by atoms with Crippen LogP contribution in [-0.4, -0.2) is 14.2 Å². The minimum Gasteiger partial charge on any atom is -0.493 e. The maximum absolute atomic E-state index is 6.02. The van der Waals surface area contributed by atoms with Gasteiger partial charge in [0.2, 0.25) is 0 Å². The summed E-state index contributed by atoms with van der Waals surface area (Å²) in [7, 11) is 3.22. The van der Waals surface area contributed by atoms with Crippen LogP contribution < -0.4 is 14.2 Å². The Morgan fingerprint density at radius 1 is 0.741 bits per heavy atom. The second-order valence-corrected chi connectivity index (χ2v) is 5.95. The molecule has 0 aliphatic heterocycles. The summed E-state index contributed by atoms with van der Waals surface area (Å²) in [6, 6.07) is 23.7. The monoisotopic (exact) mass is 363 g/mol. The Bertz CT molecular complexity index is 832. The number of ether oxygens (including phenoxy) is 4. The minimum atomic E-state index is 0.436. The third-order valence-corrected chi connectivity index (χ3v) is 4.00. The van der Waals surface area contributed by atoms with Crippen LogP contribution in [0.1, 0.15) is 16.7 Å². The highest BCUT2D eigenvalue weighted by atomic mass is 16.5. The minimum absolute atomic E-state index is 0.436. The molecule has 0 aliphatic carbocycles. The molecule has 3 rings (SSSR count). The highest BCUT2D eigenvalue weighted by molar-refractivity contribution is 5.54. The number of rotatable bonds is 9. The zero-order chi connectivity index (χ0) is 18.9. The third-order valence-electron chi connectivity index (χ3n) is 4.00. The lowest BCUT2D eigenvalue weighted by Crippen LogP contribution is -2.03. The van der Waals surface area contributed by atoms with Gasteiger partial charge in [0.25, 0.3) is 0 Å². The molecule has 0 bridgehead atoms. The highest BCUT2D eigenvalue weighted by Crippen LogP contribution is 2.37. The van der Waals surface area contributed by atoms with Gasteiger partial charge >= 0.3 is 0 Å². The summed E-state index contributed by atoms with van der Waals surface area (Å²) < 4.78 is 22.7. The smallest absolute Gasteiger partial charge is 0.167 e. The van der Waals surface area contributed by atoms with E-state index in [1.54, 1.807) is 20.8 Å². The molecule has 0 amide bonds. The number of methoxy groups -OCH3 is 2. The van der Waals surface area contributed by atoms with Gasteiger partial charge in [-0.05, 0) is 17.2 Å². The van der Waals surface area contributed by atoms with Gasteiger partial charge in [-0.3, -0.25) is 0 Å². The van der Waals surface area contributed by atoms with E-state index in [1.165, 1.54) is 0 Å². The van der Waals surface area contributed by atoms with Crippen molar-refractivity contribution in [2.75, 3.05) is 14.2 Å². The lowest BCUT2D eigenvalue weighted by atomic mass is 10.1. The molecule has 27 heavy (non-hydrogen) atoms. The van der Waals surface area contributed by atoms with Gasteiger partial charge in [-0.15, -0.1) is 0 Å². The van der Waals surface area contributed by atoms with Gasteiger partial charge in [-0.1, -0.05) is 60.7 Å². The summed E-state index contributed by atoms with van der Waals surface area (Å²) in [5, 5.41) is 0. The fourth-order valence-corrected chi connectivity index (χ4v) is 2.67. The quantitative estimate of drug-likeness (QED) is 0.535. The molecule has 0 spiro atoms. The van der Waals surface area contributed by atoms with Gasteiger partial charge in [0, 0.05) is 18.7 Å². The average molecular weight is 363 g/mol. The van der Waals surface area contributed by atoms with Crippen molar-refractivity contribution in [1.82, 2.24) is 0 Å². The summed E-state index contributed by atoms with van der Waals surface area (Å²) in [6.45, 7) is 2.53. The highest BCUT2D eigenvalue weighted by Gasteiger charge is 2.15. The van der Waals surface area contributed by atoms with Crippen molar-refractivity contribution in [3.63, 3.8) is 0 Å². The van der Waals surface area contributed by atoms with E-state index >= 15 is 0 Å². The molecule has 4 heteroatoms. The molecule has 0 unspecified atom stereocenters. The van der Waals surface area contributed by atoms with Gasteiger partial charge in [-0.2, -0.15) is 0 Å². The van der Waals surface area contributed by atoms with E-state index in [1.807, 2.05) is 72.8 Å². The average Bonchev–Trinajstić information content (AvgIpc) is 2.73. The van der Waals surface area contributed by atoms with Crippen molar-refractivity contribution in [3.8, 4) is 17.2 Å². The predicted molar refractivity (Wildman–Crippen MR) is 105 cm³/mol. The van der Waals surface area contributed by atoms with Gasteiger partial charge in [-0.25, -0.2) is 0 Å². The fraction of sp³-hybridized carbons (Fsp3) is 0.174. The van der Waals surface area contributed by atoms with E-state index in [0.29, 0.717) is 30.5 Å². The maximum atomic E-state index is 6.02. The van der Waals surface area contributed by atoms with Crippen molar-refractivity contribution in [2.45, 2.75) is 13.2 Å². The van der Waals surface area contributed by atoms with Crippen LogP contribution >= 0.6 is 0 Å². The maximum Gasteiger partial charge on any atom is 0.167 e. The first-order valence-electron chi connectivity index (χ1n) is 8.71. The van der Waals surface area contributed by atoms with E-state index < -0.39 is 0 Å². The molecule has 0 heterocycles. The van der Waals surface area contributed by atoms with Crippen LogP contribution in [0.15, 0.2) is 72.8 Å². The Hall–Kier alpha value is -2.98. The molecule has 0 N–H and O–H groups in total. The van der Waals surface area contributed by atoms with Crippen LogP contribution in [0.2, 0.25) is 0 Å². The van der Waals surface area contributed by atoms with E-state index in [0.717, 1.165) is 16.7 Å². The molecular weight excluding hydrogens is 340 g/mol. The van der Waals surface area contributed by atoms with E-state index in [-0.39, 0.29) is 0 Å². The molecule has 3 aromatic rings. The van der Waals surface area contributed by atoms with Crippen molar-refractivity contribution >= 4 is 0 Å². The Kier molecular flexibility index (Phi) is 6.72. The normalized spacial score (nSPS) is 10.4. The van der Waals surface area contributed by atoms with Gasteiger partial charge in [0.15, 0.2) is 11.5 Å². The second kappa shape index (κ2) is 9.64. The lowest BCUT2D eigenvalue weighted by molar-refractivity contribution is 0.259. The van der Waals surface area contributed by atoms with Crippen LogP contribution in [0.3, 0.4) is 0 Å². The molecule has 0 atom stereocenters. The Labute approximate surface area is 160 Å². The fourth-order valence-electron chi connectivity index (χ4n) is 2.67. The van der Waals surface area contributed by atoms with Crippen LogP contribution in [0, 0.1) is 6.61 Å². The predicted octanol–water partition coefficient (Wildman–Crippen LogP) is 5.01. The number of benzene rings is 3. The number of hydrogen-bond donors (Lipinski definition) is 0. The Morgan fingerprint density at radius 3 is 1.89 bits per heavy atom. The molecule has 4 nitrogen and oxygen atoms in total. The van der Waals surface area contributed by atoms with Crippen LogP contribution in [-0.2, 0) is 18.0 Å². The molecule has 0 saturated heterocycles. The zero-order valence-corrected chi connectivity index (χ0v) is 15.6. The van der Waals surface area contributed by atoms with Crippen LogP contribution in [0.5, 0.6) is 17.2 Å². The molecule has 1 radical (unpaired) electrons. The van der Waals surface area contributed by atoms with Crippen LogP contribution in [0.4, 0.5) is 0 Å². The van der Waals surface area contributed by atoms with Gasteiger partial charge in [0.05, 0.1) is 7.11 Å². The molecule has 0 aromatic heterocycles. The first-order chi connectivity index (χ1) is 13.3. The largest absolute Gasteiger partial charge is 0.493 e. The van der Waals surface area contributed by atoms with E-state index in [2.05, 4.69) is 0 Å². The standard InChI is InChI=1S/C23H23O4/c1-24-17-20-13-21(26-15-18-9-5-3-6-10-18)14-22(25-2)23(20)27-16-19-11-7-4-8-12-19/h3-14,17H,15-16H2,1-2H3. The zero-order valence-electron chi connectivity index (χ0n) is 15.6. The summed E-state index contributed by atoms with van der Waals surface area (Å²) in [5.41, 5.74) is 2.93. The molecule has 3 aromatic carbocycles. The van der Waals surface area contributed by atoms with Crippen molar-refractivity contribution in [3.05, 3.63) is 96.1 Å². The Balaban J connectivity index is 1.79. The van der Waals surface area contributed by atoms with E-state index in [4.69, 9.17) is 18.9 Å². The van der Waals surface area contributed by atoms with Gasteiger partial charge in [0.1, 0.15) is 25.6 Å². The Morgan fingerprint density at radius 2 is 1.33 bits per heavy atom. The van der Waals surface area contributed by atoms with Crippen molar-refractivity contribution in [1.29, 1.82) is 0 Å². The van der Waals surface area contributed by atoms with Crippen molar-refractivity contribution < 1.29 is 18.9 Å². The molecular formula is C23H23O4. The van der Waals surface area contributed by atoms with E-state index in [9.17, 15) is 0 Å². The molecule has 0 aliphatic rings. The first kappa shape index (κ1) is 18.8. The molecule has 0 saturated carbocycles. The summed E-state index contributed by atoms with van der Waals surface area (Å²) in [5.74, 6) is 1.90. The van der Waals surface area contributed by atoms with Crippen molar-refractivity contribution in [2.24, 2.45) is 0 Å². The third kappa shape index (κ3) is 5.25. The summed E-state index contributed by atoms with van der Waals surface area (Å²) >= 11 is 0. The van der Waals surface area contributed by atoms with Gasteiger partial charge < -0.3 is 18.9 Å². The molecule has 0 fully saturated rings. The first-order valence-corrected chi connectivity index (χ1v) is 8.71. The summed E-state index contributed by atoms with van der Waals surface area (Å²) in [6.07, 6.45) is 0. The second-order valence-electron chi connectivity index (χ2n) is 5.95.